The van der Waals surface area contributed by atoms with Crippen LogP contribution in [-0.4, -0.2) is 35.9 Å². The molecule has 0 radical (unpaired) electrons. The number of hydrogen-bond acceptors (Lipinski definition) is 3. The van der Waals surface area contributed by atoms with Crippen molar-refractivity contribution in [1.29, 1.82) is 0 Å². The van der Waals surface area contributed by atoms with Crippen LogP contribution in [0.2, 0.25) is 10.0 Å². The van der Waals surface area contributed by atoms with Crippen LogP contribution in [0.4, 0.5) is 0 Å². The maximum atomic E-state index is 13.7. The lowest BCUT2D eigenvalue weighted by Crippen LogP contribution is -2.51. The minimum absolute atomic E-state index is 0.180. The third-order valence-corrected chi connectivity index (χ3v) is 7.14. The first-order valence-electron chi connectivity index (χ1n) is 12.5. The number of ether oxygens (including phenoxy) is 1. The van der Waals surface area contributed by atoms with E-state index >= 15 is 0 Å². The molecule has 1 atom stereocenters. The molecular formula is C30H34Cl2N2O3. The predicted octanol–water partition coefficient (Wildman–Crippen LogP) is 6.55. The fourth-order valence-electron chi connectivity index (χ4n) is 4.09. The second-order valence-corrected chi connectivity index (χ2v) is 9.91. The summed E-state index contributed by atoms with van der Waals surface area (Å²) in [5.41, 5.74) is 3.46. The van der Waals surface area contributed by atoms with Crippen molar-refractivity contribution < 1.29 is 14.3 Å². The lowest BCUT2D eigenvalue weighted by molar-refractivity contribution is -0.142. The Morgan fingerprint density at radius 2 is 1.62 bits per heavy atom. The van der Waals surface area contributed by atoms with Gasteiger partial charge in [-0.1, -0.05) is 85.1 Å². The SMILES string of the molecule is CCCCNC(=O)[C@H](Cc1ccccc1)N(Cc1ccccc1Cl)C(=O)COc1cc(C)c(Cl)c(C)c1. The van der Waals surface area contributed by atoms with E-state index in [9.17, 15) is 9.59 Å². The number of carbonyl (C=O) groups excluding carboxylic acids is 2. The number of unbranched alkanes of at least 4 members (excludes halogenated alkanes) is 1. The first kappa shape index (κ1) is 28.5. The molecule has 2 amide bonds. The molecule has 0 aliphatic rings. The van der Waals surface area contributed by atoms with Crippen LogP contribution in [0.15, 0.2) is 66.7 Å². The number of rotatable bonds is 12. The van der Waals surface area contributed by atoms with E-state index in [1.165, 1.54) is 0 Å². The standard InChI is InChI=1S/C30H34Cl2N2O3/c1-4-5-15-33-30(36)27(18-23-11-7-6-8-12-23)34(19-24-13-9-10-14-26(24)31)28(35)20-37-25-16-21(2)29(32)22(3)17-25/h6-14,16-17,27H,4-5,15,18-20H2,1-3H3,(H,33,36)/t27-/m0/s1. The summed E-state index contributed by atoms with van der Waals surface area (Å²) < 4.78 is 5.90. The average Bonchev–Trinajstić information content (AvgIpc) is 2.89. The molecule has 0 heterocycles. The Balaban J connectivity index is 1.91. The van der Waals surface area contributed by atoms with Crippen molar-refractivity contribution in [3.63, 3.8) is 0 Å². The van der Waals surface area contributed by atoms with Gasteiger partial charge in [-0.25, -0.2) is 0 Å². The van der Waals surface area contributed by atoms with Crippen molar-refractivity contribution in [2.45, 2.75) is 52.6 Å². The van der Waals surface area contributed by atoms with Gasteiger partial charge in [-0.3, -0.25) is 9.59 Å². The van der Waals surface area contributed by atoms with E-state index in [4.69, 9.17) is 27.9 Å². The molecule has 0 aliphatic heterocycles. The smallest absolute Gasteiger partial charge is 0.261 e. The summed E-state index contributed by atoms with van der Waals surface area (Å²) in [7, 11) is 0. The fraction of sp³-hybridized carbons (Fsp3) is 0.333. The summed E-state index contributed by atoms with van der Waals surface area (Å²) in [6.45, 7) is 6.36. The number of hydrogen-bond donors (Lipinski definition) is 1. The quantitative estimate of drug-likeness (QED) is 0.265. The van der Waals surface area contributed by atoms with Crippen LogP contribution in [0.1, 0.15) is 42.0 Å². The normalized spacial score (nSPS) is 11.6. The van der Waals surface area contributed by atoms with E-state index < -0.39 is 6.04 Å². The van der Waals surface area contributed by atoms with E-state index in [0.29, 0.717) is 28.8 Å². The third-order valence-electron chi connectivity index (χ3n) is 6.17. The van der Waals surface area contributed by atoms with Crippen molar-refractivity contribution >= 4 is 35.0 Å². The van der Waals surface area contributed by atoms with Gasteiger partial charge in [-0.2, -0.15) is 0 Å². The van der Waals surface area contributed by atoms with Gasteiger partial charge in [0, 0.05) is 29.6 Å². The molecule has 0 saturated heterocycles. The molecule has 3 rings (SSSR count). The zero-order chi connectivity index (χ0) is 26.8. The van der Waals surface area contributed by atoms with Crippen LogP contribution in [0.25, 0.3) is 0 Å². The van der Waals surface area contributed by atoms with E-state index in [-0.39, 0.29) is 25.0 Å². The molecule has 1 N–H and O–H groups in total. The highest BCUT2D eigenvalue weighted by molar-refractivity contribution is 6.32. The summed E-state index contributed by atoms with van der Waals surface area (Å²) in [4.78, 5) is 28.7. The van der Waals surface area contributed by atoms with Crippen LogP contribution in [-0.2, 0) is 22.6 Å². The lowest BCUT2D eigenvalue weighted by atomic mass is 10.0. The Morgan fingerprint density at radius 3 is 2.27 bits per heavy atom. The lowest BCUT2D eigenvalue weighted by Gasteiger charge is -2.31. The maximum Gasteiger partial charge on any atom is 0.261 e. The number of benzene rings is 3. The van der Waals surface area contributed by atoms with E-state index in [1.54, 1.807) is 23.1 Å². The Hall–Kier alpha value is -3.02. The Morgan fingerprint density at radius 1 is 0.973 bits per heavy atom. The average molecular weight is 542 g/mol. The largest absolute Gasteiger partial charge is 0.484 e. The van der Waals surface area contributed by atoms with E-state index in [0.717, 1.165) is 35.1 Å². The zero-order valence-corrected chi connectivity index (χ0v) is 23.1. The van der Waals surface area contributed by atoms with Crippen LogP contribution < -0.4 is 10.1 Å². The Bertz CT molecular complexity index is 1180. The molecular weight excluding hydrogens is 507 g/mol. The number of carbonyl (C=O) groups is 2. The van der Waals surface area contributed by atoms with Gasteiger partial charge in [0.25, 0.3) is 5.91 Å². The molecule has 0 spiro atoms. The van der Waals surface area contributed by atoms with Crippen LogP contribution in [0.3, 0.4) is 0 Å². The summed E-state index contributed by atoms with van der Waals surface area (Å²) in [6, 6.07) is 19.9. The molecule has 0 bridgehead atoms. The van der Waals surface area contributed by atoms with Gasteiger partial charge in [-0.05, 0) is 60.7 Å². The highest BCUT2D eigenvalue weighted by Crippen LogP contribution is 2.26. The van der Waals surface area contributed by atoms with Gasteiger partial charge >= 0.3 is 0 Å². The number of amides is 2. The van der Waals surface area contributed by atoms with Gasteiger partial charge in [-0.15, -0.1) is 0 Å². The van der Waals surface area contributed by atoms with Crippen molar-refractivity contribution in [2.75, 3.05) is 13.2 Å². The second kappa shape index (κ2) is 14.1. The fourth-order valence-corrected chi connectivity index (χ4v) is 4.39. The topological polar surface area (TPSA) is 58.6 Å². The summed E-state index contributed by atoms with van der Waals surface area (Å²) in [6.07, 6.45) is 2.19. The highest BCUT2D eigenvalue weighted by atomic mass is 35.5. The molecule has 0 aromatic heterocycles. The highest BCUT2D eigenvalue weighted by Gasteiger charge is 2.31. The van der Waals surface area contributed by atoms with Crippen molar-refractivity contribution in [2.24, 2.45) is 0 Å². The van der Waals surface area contributed by atoms with E-state index in [1.807, 2.05) is 62.4 Å². The third kappa shape index (κ3) is 8.24. The number of halogens is 2. The molecule has 7 heteroatoms. The predicted molar refractivity (Wildman–Crippen MR) is 150 cm³/mol. The summed E-state index contributed by atoms with van der Waals surface area (Å²) in [5.74, 6) is 0.0464. The second-order valence-electron chi connectivity index (χ2n) is 9.12. The van der Waals surface area contributed by atoms with Crippen LogP contribution in [0, 0.1) is 13.8 Å². The molecule has 3 aromatic rings. The maximum absolute atomic E-state index is 13.7. The van der Waals surface area contributed by atoms with Gasteiger partial charge < -0.3 is 15.0 Å². The van der Waals surface area contributed by atoms with E-state index in [2.05, 4.69) is 12.2 Å². The molecule has 5 nitrogen and oxygen atoms in total. The molecule has 196 valence electrons. The number of nitrogens with zero attached hydrogens (tertiary/aromatic N) is 1. The van der Waals surface area contributed by atoms with Gasteiger partial charge in [0.2, 0.25) is 5.91 Å². The molecule has 0 unspecified atom stereocenters. The van der Waals surface area contributed by atoms with Crippen molar-refractivity contribution in [3.8, 4) is 5.75 Å². The Kier molecular flexibility index (Phi) is 10.8. The first-order chi connectivity index (χ1) is 17.8. The minimum atomic E-state index is -0.736. The number of aryl methyl sites for hydroxylation is 2. The van der Waals surface area contributed by atoms with Gasteiger partial charge in [0.15, 0.2) is 6.61 Å². The van der Waals surface area contributed by atoms with Crippen LogP contribution >= 0.6 is 23.2 Å². The van der Waals surface area contributed by atoms with Crippen molar-refractivity contribution in [1.82, 2.24) is 10.2 Å². The first-order valence-corrected chi connectivity index (χ1v) is 13.3. The molecule has 0 fully saturated rings. The zero-order valence-electron chi connectivity index (χ0n) is 21.6. The summed E-state index contributed by atoms with van der Waals surface area (Å²) in [5, 5.41) is 4.22. The monoisotopic (exact) mass is 540 g/mol. The Labute approximate surface area is 229 Å². The summed E-state index contributed by atoms with van der Waals surface area (Å²) >= 11 is 12.7. The minimum Gasteiger partial charge on any atom is -0.484 e. The van der Waals surface area contributed by atoms with Gasteiger partial charge in [0.1, 0.15) is 11.8 Å². The molecule has 37 heavy (non-hydrogen) atoms. The number of nitrogens with one attached hydrogen (secondary N) is 1. The van der Waals surface area contributed by atoms with Crippen LogP contribution in [0.5, 0.6) is 5.75 Å². The molecule has 0 aliphatic carbocycles. The molecule has 0 saturated carbocycles. The van der Waals surface area contributed by atoms with Crippen molar-refractivity contribution in [3.05, 3.63) is 99.0 Å². The van der Waals surface area contributed by atoms with Gasteiger partial charge in [0.05, 0.1) is 0 Å². The molecule has 3 aromatic carbocycles.